The van der Waals surface area contributed by atoms with Crippen LogP contribution in [-0.4, -0.2) is 39.8 Å². The van der Waals surface area contributed by atoms with Gasteiger partial charge in [0, 0.05) is 23.3 Å². The summed E-state index contributed by atoms with van der Waals surface area (Å²) in [5, 5.41) is 9.06. The Kier molecular flexibility index (Phi) is 8.05. The minimum absolute atomic E-state index is 0.0888. The lowest BCUT2D eigenvalue weighted by molar-refractivity contribution is -0.164. The van der Waals surface area contributed by atoms with Crippen LogP contribution in [0.15, 0.2) is 35.2 Å². The lowest BCUT2D eigenvalue weighted by Crippen LogP contribution is -2.32. The first-order chi connectivity index (χ1) is 10.4. The van der Waals surface area contributed by atoms with Crippen LogP contribution in [0.25, 0.3) is 0 Å². The van der Waals surface area contributed by atoms with Crippen molar-refractivity contribution in [3.63, 3.8) is 0 Å². The number of ether oxygens (including phenoxy) is 1. The van der Waals surface area contributed by atoms with Crippen LogP contribution in [0.5, 0.6) is 0 Å². The van der Waals surface area contributed by atoms with Gasteiger partial charge >= 0.3 is 11.9 Å². The number of carboxylic acids is 1. The number of aliphatic carboxylic acids is 1. The van der Waals surface area contributed by atoms with Gasteiger partial charge < -0.3 is 9.84 Å². The van der Waals surface area contributed by atoms with Gasteiger partial charge in [-0.25, -0.2) is 4.79 Å². The van der Waals surface area contributed by atoms with Crippen LogP contribution in [0.3, 0.4) is 0 Å². The number of benzene rings is 1. The molecule has 0 radical (unpaired) electrons. The third kappa shape index (κ3) is 7.00. The molecule has 22 heavy (non-hydrogen) atoms. The van der Waals surface area contributed by atoms with Crippen molar-refractivity contribution in [2.75, 3.05) is 11.5 Å². The summed E-state index contributed by atoms with van der Waals surface area (Å²) in [6.45, 7) is 3.03. The molecule has 5 nitrogen and oxygen atoms in total. The average molecular weight is 342 g/mol. The molecular formula is C15H18O5S2. The van der Waals surface area contributed by atoms with Crippen molar-refractivity contribution in [1.82, 2.24) is 0 Å². The first-order valence-electron chi connectivity index (χ1n) is 6.64. The van der Waals surface area contributed by atoms with Crippen LogP contribution in [0.4, 0.5) is 0 Å². The Hall–Kier alpha value is -1.47. The predicted molar refractivity (Wildman–Crippen MR) is 87.0 cm³/mol. The number of hydrogen-bond donors (Lipinski definition) is 1. The summed E-state index contributed by atoms with van der Waals surface area (Å²) in [4.78, 5) is 34.8. The largest absolute Gasteiger partial charge is 0.478 e. The van der Waals surface area contributed by atoms with E-state index in [-0.39, 0.29) is 16.6 Å². The number of thioether (sulfide) groups is 2. The summed E-state index contributed by atoms with van der Waals surface area (Å²) in [6, 6.07) is 9.29. The fourth-order valence-corrected chi connectivity index (χ4v) is 2.94. The Labute approximate surface area is 137 Å². The zero-order chi connectivity index (χ0) is 16.5. The van der Waals surface area contributed by atoms with Gasteiger partial charge in [-0.2, -0.15) is 0 Å². The molecule has 0 bridgehead atoms. The van der Waals surface area contributed by atoms with Crippen LogP contribution in [0.1, 0.15) is 13.8 Å². The Morgan fingerprint density at radius 2 is 1.82 bits per heavy atom. The highest BCUT2D eigenvalue weighted by molar-refractivity contribution is 8.13. The lowest BCUT2D eigenvalue weighted by Gasteiger charge is -2.16. The lowest BCUT2D eigenvalue weighted by atomic mass is 10.2. The van der Waals surface area contributed by atoms with E-state index < -0.39 is 24.0 Å². The second-order valence-corrected chi connectivity index (χ2v) is 6.88. The number of esters is 1. The molecule has 1 aromatic rings. The predicted octanol–water partition coefficient (Wildman–Crippen LogP) is 2.69. The van der Waals surface area contributed by atoms with Crippen LogP contribution < -0.4 is 0 Å². The minimum atomic E-state index is -1.21. The van der Waals surface area contributed by atoms with E-state index in [1.54, 1.807) is 6.92 Å². The molecule has 0 aromatic heterocycles. The summed E-state index contributed by atoms with van der Waals surface area (Å²) in [5.41, 5.74) is 0. The van der Waals surface area contributed by atoms with Gasteiger partial charge in [-0.15, -0.1) is 11.8 Å². The van der Waals surface area contributed by atoms with Gasteiger partial charge in [-0.05, 0) is 12.1 Å². The molecule has 0 saturated carbocycles. The summed E-state index contributed by atoms with van der Waals surface area (Å²) < 4.78 is 5.04. The molecule has 0 saturated heterocycles. The van der Waals surface area contributed by atoms with E-state index in [9.17, 15) is 14.4 Å². The van der Waals surface area contributed by atoms with E-state index in [1.165, 1.54) is 18.7 Å². The van der Waals surface area contributed by atoms with E-state index in [1.807, 2.05) is 30.3 Å². The van der Waals surface area contributed by atoms with Crippen molar-refractivity contribution < 1.29 is 24.2 Å². The van der Waals surface area contributed by atoms with E-state index in [2.05, 4.69) is 0 Å². The summed E-state index contributed by atoms with van der Waals surface area (Å²) in [7, 11) is 0. The fourth-order valence-electron chi connectivity index (χ4n) is 1.41. The van der Waals surface area contributed by atoms with Crippen LogP contribution in [0, 0.1) is 5.92 Å². The number of carbonyl (C=O) groups excluding carboxylic acids is 2. The maximum Gasteiger partial charge on any atom is 0.345 e. The minimum Gasteiger partial charge on any atom is -0.478 e. The maximum atomic E-state index is 11.9. The molecule has 0 heterocycles. The molecule has 0 aliphatic heterocycles. The van der Waals surface area contributed by atoms with Gasteiger partial charge in [-0.1, -0.05) is 36.9 Å². The Morgan fingerprint density at radius 1 is 1.18 bits per heavy atom. The molecular weight excluding hydrogens is 324 g/mol. The number of hydrogen-bond acceptors (Lipinski definition) is 6. The molecule has 0 amide bonds. The van der Waals surface area contributed by atoms with Gasteiger partial charge in [0.2, 0.25) is 6.10 Å². The Bertz CT molecular complexity index is 518. The smallest absolute Gasteiger partial charge is 0.345 e. The summed E-state index contributed by atoms with van der Waals surface area (Å²) >= 11 is 2.33. The standard InChI is InChI=1S/C15H18O5S2/c1-10(8-21-11(2)16)15(19)20-13(14(17)18)9-22-12-6-4-3-5-7-12/h3-7,10,13H,8-9H2,1-2H3,(H,17,18)/t10-,13?/m0/s1. The third-order valence-corrected chi connectivity index (χ3v) is 4.77. The van der Waals surface area contributed by atoms with Gasteiger partial charge in [0.25, 0.3) is 0 Å². The molecule has 1 aromatic carbocycles. The average Bonchev–Trinajstić information content (AvgIpc) is 2.49. The quantitative estimate of drug-likeness (QED) is 0.574. The van der Waals surface area contributed by atoms with Crippen LogP contribution in [0.2, 0.25) is 0 Å². The highest BCUT2D eigenvalue weighted by Crippen LogP contribution is 2.20. The summed E-state index contributed by atoms with van der Waals surface area (Å²) in [5.74, 6) is -1.89. The first kappa shape index (κ1) is 18.6. The molecule has 0 aliphatic rings. The fraction of sp³-hybridized carbons (Fsp3) is 0.400. The Balaban J connectivity index is 2.51. The molecule has 0 fully saturated rings. The van der Waals surface area contributed by atoms with Crippen LogP contribution in [-0.2, 0) is 19.1 Å². The van der Waals surface area contributed by atoms with Gasteiger partial charge in [0.05, 0.1) is 5.92 Å². The number of rotatable bonds is 8. The van der Waals surface area contributed by atoms with Crippen molar-refractivity contribution >= 4 is 40.6 Å². The Morgan fingerprint density at radius 3 is 2.36 bits per heavy atom. The monoisotopic (exact) mass is 342 g/mol. The highest BCUT2D eigenvalue weighted by atomic mass is 32.2. The van der Waals surface area contributed by atoms with Crippen molar-refractivity contribution in [1.29, 1.82) is 0 Å². The molecule has 7 heteroatoms. The molecule has 0 aliphatic carbocycles. The second-order valence-electron chi connectivity index (χ2n) is 4.59. The SMILES string of the molecule is CC(=O)SC[C@H](C)C(=O)OC(CSc1ccccc1)C(=O)O. The zero-order valence-electron chi connectivity index (χ0n) is 12.4. The second kappa shape index (κ2) is 9.53. The molecule has 2 atom stereocenters. The topological polar surface area (TPSA) is 80.7 Å². The third-order valence-electron chi connectivity index (χ3n) is 2.62. The maximum absolute atomic E-state index is 11.9. The van der Waals surface area contributed by atoms with E-state index >= 15 is 0 Å². The van der Waals surface area contributed by atoms with Crippen LogP contribution >= 0.6 is 23.5 Å². The zero-order valence-corrected chi connectivity index (χ0v) is 14.0. The van der Waals surface area contributed by atoms with Gasteiger partial charge in [0.15, 0.2) is 5.12 Å². The number of carbonyl (C=O) groups is 3. The normalized spacial score (nSPS) is 13.2. The molecule has 1 unspecified atom stereocenters. The molecule has 0 spiro atoms. The van der Waals surface area contributed by atoms with E-state index in [0.717, 1.165) is 16.7 Å². The van der Waals surface area contributed by atoms with E-state index in [4.69, 9.17) is 9.84 Å². The van der Waals surface area contributed by atoms with Crippen molar-refractivity contribution in [3.05, 3.63) is 30.3 Å². The summed E-state index contributed by atoms with van der Waals surface area (Å²) in [6.07, 6.45) is -1.21. The van der Waals surface area contributed by atoms with Crippen molar-refractivity contribution in [3.8, 4) is 0 Å². The van der Waals surface area contributed by atoms with Gasteiger partial charge in [-0.3, -0.25) is 9.59 Å². The number of carboxylic acid groups (broad SMARTS) is 1. The molecule has 1 rings (SSSR count). The first-order valence-corrected chi connectivity index (χ1v) is 8.61. The highest BCUT2D eigenvalue weighted by Gasteiger charge is 2.25. The van der Waals surface area contributed by atoms with Crippen molar-refractivity contribution in [2.24, 2.45) is 5.92 Å². The molecule has 120 valence electrons. The van der Waals surface area contributed by atoms with E-state index in [0.29, 0.717) is 0 Å². The molecule has 1 N–H and O–H groups in total. The van der Waals surface area contributed by atoms with Gasteiger partial charge in [0.1, 0.15) is 0 Å². The van der Waals surface area contributed by atoms with Crippen molar-refractivity contribution in [2.45, 2.75) is 24.8 Å².